The second kappa shape index (κ2) is 8.39. The zero-order chi connectivity index (χ0) is 14.2. The van der Waals surface area contributed by atoms with Crippen LogP contribution in [0, 0.1) is 0 Å². The number of halogens is 1. The van der Waals surface area contributed by atoms with Crippen molar-refractivity contribution in [2.24, 2.45) is 0 Å². The number of nitrogens with zero attached hydrogens (tertiary/aromatic N) is 1. The van der Waals surface area contributed by atoms with Crippen molar-refractivity contribution < 1.29 is 4.79 Å². The highest BCUT2D eigenvalue weighted by Crippen LogP contribution is 2.20. The van der Waals surface area contributed by atoms with Gasteiger partial charge in [-0.05, 0) is 54.0 Å². The fourth-order valence-corrected chi connectivity index (χ4v) is 2.76. The van der Waals surface area contributed by atoms with E-state index in [1.807, 2.05) is 24.3 Å². The molecule has 1 aromatic rings. The first-order valence-corrected chi connectivity index (χ1v) is 8.02. The molecule has 1 fully saturated rings. The molecule has 0 spiro atoms. The Labute approximate surface area is 129 Å². The molecule has 1 aliphatic heterocycles. The van der Waals surface area contributed by atoms with Crippen LogP contribution in [0.15, 0.2) is 28.7 Å². The van der Waals surface area contributed by atoms with Gasteiger partial charge in [-0.15, -0.1) is 0 Å². The van der Waals surface area contributed by atoms with Crippen LogP contribution in [0.25, 0.3) is 0 Å². The Morgan fingerprint density at radius 3 is 2.70 bits per heavy atom. The van der Waals surface area contributed by atoms with Crippen LogP contribution >= 0.6 is 15.9 Å². The van der Waals surface area contributed by atoms with Gasteiger partial charge in [0.05, 0.1) is 12.2 Å². The van der Waals surface area contributed by atoms with Crippen molar-refractivity contribution in [3.8, 4) is 0 Å². The maximum atomic E-state index is 11.8. The lowest BCUT2D eigenvalue weighted by molar-refractivity contribution is -0.115. The topological polar surface area (TPSA) is 44.4 Å². The molecule has 1 amide bonds. The van der Waals surface area contributed by atoms with Crippen LogP contribution in [0.1, 0.15) is 19.3 Å². The van der Waals surface area contributed by atoms with Gasteiger partial charge in [-0.1, -0.05) is 18.6 Å². The van der Waals surface area contributed by atoms with Crippen LogP contribution in [0.4, 0.5) is 5.69 Å². The number of hydrogen-bond donors (Lipinski definition) is 2. The number of amides is 1. The predicted molar refractivity (Wildman–Crippen MR) is 85.9 cm³/mol. The Bertz CT molecular complexity index is 433. The fourth-order valence-electron chi connectivity index (χ4n) is 2.38. The molecule has 0 aliphatic carbocycles. The summed E-state index contributed by atoms with van der Waals surface area (Å²) in [5.74, 6) is -0.00413. The zero-order valence-electron chi connectivity index (χ0n) is 11.7. The quantitative estimate of drug-likeness (QED) is 0.782. The third-order valence-electron chi connectivity index (χ3n) is 3.49. The molecule has 0 aromatic heterocycles. The zero-order valence-corrected chi connectivity index (χ0v) is 13.3. The Balaban J connectivity index is 1.61. The summed E-state index contributed by atoms with van der Waals surface area (Å²) in [5.41, 5.74) is 0.815. The number of nitrogens with one attached hydrogen (secondary N) is 2. The second-order valence-electron chi connectivity index (χ2n) is 5.11. The molecule has 0 atom stereocenters. The number of anilines is 1. The van der Waals surface area contributed by atoms with Crippen molar-refractivity contribution in [2.45, 2.75) is 19.3 Å². The monoisotopic (exact) mass is 339 g/mol. The Hall–Kier alpha value is -0.910. The van der Waals surface area contributed by atoms with E-state index in [1.54, 1.807) is 0 Å². The van der Waals surface area contributed by atoms with Gasteiger partial charge in [0.25, 0.3) is 0 Å². The Morgan fingerprint density at radius 2 is 1.95 bits per heavy atom. The van der Waals surface area contributed by atoms with Gasteiger partial charge in [-0.2, -0.15) is 0 Å². The summed E-state index contributed by atoms with van der Waals surface area (Å²) >= 11 is 3.42. The average Bonchev–Trinajstić information content (AvgIpc) is 2.47. The summed E-state index contributed by atoms with van der Waals surface area (Å²) in [4.78, 5) is 14.3. The molecule has 0 radical (unpaired) electrons. The maximum Gasteiger partial charge on any atom is 0.238 e. The highest BCUT2D eigenvalue weighted by Gasteiger charge is 2.09. The number of carbonyl (C=O) groups excluding carboxylic acids is 1. The molecule has 0 unspecified atom stereocenters. The SMILES string of the molecule is O=C(CNCCN1CCCCC1)Nc1ccccc1Br. The van der Waals surface area contributed by atoms with Crippen LogP contribution in [0.3, 0.4) is 0 Å². The van der Waals surface area contributed by atoms with Crippen molar-refractivity contribution in [3.63, 3.8) is 0 Å². The summed E-state index contributed by atoms with van der Waals surface area (Å²) in [6.45, 7) is 4.65. The van der Waals surface area contributed by atoms with Crippen molar-refractivity contribution in [1.29, 1.82) is 0 Å². The fraction of sp³-hybridized carbons (Fsp3) is 0.533. The molecule has 5 heteroatoms. The summed E-state index contributed by atoms with van der Waals surface area (Å²) < 4.78 is 0.904. The van der Waals surface area contributed by atoms with Crippen LogP contribution < -0.4 is 10.6 Å². The van der Waals surface area contributed by atoms with Gasteiger partial charge in [0, 0.05) is 17.6 Å². The molecule has 0 bridgehead atoms. The minimum atomic E-state index is -0.00413. The van der Waals surface area contributed by atoms with E-state index in [0.717, 1.165) is 23.2 Å². The summed E-state index contributed by atoms with van der Waals surface area (Å²) in [5, 5.41) is 6.09. The standard InChI is InChI=1S/C15H22BrN3O/c16-13-6-2-3-7-14(13)18-15(20)12-17-8-11-19-9-4-1-5-10-19/h2-3,6-7,17H,1,4-5,8-12H2,(H,18,20). The summed E-state index contributed by atoms with van der Waals surface area (Å²) in [7, 11) is 0. The van der Waals surface area contributed by atoms with E-state index < -0.39 is 0 Å². The van der Waals surface area contributed by atoms with Gasteiger partial charge in [0.1, 0.15) is 0 Å². The second-order valence-corrected chi connectivity index (χ2v) is 5.96. The molecular weight excluding hydrogens is 318 g/mol. The number of para-hydroxylation sites is 1. The lowest BCUT2D eigenvalue weighted by Gasteiger charge is -2.26. The maximum absolute atomic E-state index is 11.8. The van der Waals surface area contributed by atoms with E-state index in [1.165, 1.54) is 32.4 Å². The summed E-state index contributed by atoms with van der Waals surface area (Å²) in [6.07, 6.45) is 3.98. The van der Waals surface area contributed by atoms with Crippen LogP contribution in [-0.2, 0) is 4.79 Å². The van der Waals surface area contributed by atoms with Crippen molar-refractivity contribution in [2.75, 3.05) is 38.0 Å². The number of benzene rings is 1. The van der Waals surface area contributed by atoms with Gasteiger partial charge >= 0.3 is 0 Å². The first kappa shape index (κ1) is 15.5. The number of rotatable bonds is 6. The molecule has 0 saturated carbocycles. The minimum Gasteiger partial charge on any atom is -0.324 e. The third-order valence-corrected chi connectivity index (χ3v) is 4.18. The van der Waals surface area contributed by atoms with E-state index in [2.05, 4.69) is 31.5 Å². The molecule has 2 N–H and O–H groups in total. The Morgan fingerprint density at radius 1 is 1.20 bits per heavy atom. The molecule has 1 aliphatic rings. The van der Waals surface area contributed by atoms with Crippen molar-refractivity contribution in [1.82, 2.24) is 10.2 Å². The first-order valence-electron chi connectivity index (χ1n) is 7.23. The van der Waals surface area contributed by atoms with Crippen LogP contribution in [-0.4, -0.2) is 43.5 Å². The molecule has 1 heterocycles. The molecule has 110 valence electrons. The number of piperidine rings is 1. The molecule has 2 rings (SSSR count). The van der Waals surface area contributed by atoms with E-state index in [0.29, 0.717) is 6.54 Å². The Kier molecular flexibility index (Phi) is 6.50. The molecular formula is C15H22BrN3O. The van der Waals surface area contributed by atoms with E-state index >= 15 is 0 Å². The highest BCUT2D eigenvalue weighted by molar-refractivity contribution is 9.10. The van der Waals surface area contributed by atoms with E-state index in [-0.39, 0.29) is 5.91 Å². The van der Waals surface area contributed by atoms with E-state index in [9.17, 15) is 4.79 Å². The van der Waals surface area contributed by atoms with Crippen LogP contribution in [0.5, 0.6) is 0 Å². The normalized spacial score (nSPS) is 16.1. The van der Waals surface area contributed by atoms with Crippen LogP contribution in [0.2, 0.25) is 0 Å². The smallest absolute Gasteiger partial charge is 0.238 e. The first-order chi connectivity index (χ1) is 9.75. The lowest BCUT2D eigenvalue weighted by atomic mass is 10.1. The molecule has 1 saturated heterocycles. The number of likely N-dealkylation sites (tertiary alicyclic amines) is 1. The lowest BCUT2D eigenvalue weighted by Crippen LogP contribution is -2.38. The van der Waals surface area contributed by atoms with Gasteiger partial charge in [0.2, 0.25) is 5.91 Å². The predicted octanol–water partition coefficient (Wildman–Crippen LogP) is 2.46. The highest BCUT2D eigenvalue weighted by atomic mass is 79.9. The van der Waals surface area contributed by atoms with Gasteiger partial charge in [-0.25, -0.2) is 0 Å². The number of hydrogen-bond acceptors (Lipinski definition) is 3. The third kappa shape index (κ3) is 5.23. The summed E-state index contributed by atoms with van der Waals surface area (Å²) in [6, 6.07) is 7.63. The number of carbonyl (C=O) groups is 1. The molecule has 4 nitrogen and oxygen atoms in total. The molecule has 20 heavy (non-hydrogen) atoms. The van der Waals surface area contributed by atoms with Gasteiger partial charge in [-0.3, -0.25) is 4.79 Å². The van der Waals surface area contributed by atoms with Gasteiger partial charge < -0.3 is 15.5 Å². The van der Waals surface area contributed by atoms with Crippen molar-refractivity contribution in [3.05, 3.63) is 28.7 Å². The molecule has 1 aromatic carbocycles. The average molecular weight is 340 g/mol. The van der Waals surface area contributed by atoms with Gasteiger partial charge in [0.15, 0.2) is 0 Å². The minimum absolute atomic E-state index is 0.00413. The van der Waals surface area contributed by atoms with E-state index in [4.69, 9.17) is 0 Å². The van der Waals surface area contributed by atoms with Crippen molar-refractivity contribution >= 4 is 27.5 Å². The largest absolute Gasteiger partial charge is 0.324 e.